The van der Waals surface area contributed by atoms with E-state index in [4.69, 9.17) is 10.5 Å². The van der Waals surface area contributed by atoms with Crippen molar-refractivity contribution in [1.29, 1.82) is 0 Å². The quantitative estimate of drug-likeness (QED) is 0.844. The maximum absolute atomic E-state index is 5.82. The van der Waals surface area contributed by atoms with E-state index in [2.05, 4.69) is 10.3 Å². The second-order valence-corrected chi connectivity index (χ2v) is 3.63. The van der Waals surface area contributed by atoms with Crippen molar-refractivity contribution >= 4 is 11.4 Å². The molecule has 0 spiro atoms. The van der Waals surface area contributed by atoms with Gasteiger partial charge in [0.1, 0.15) is 5.75 Å². The van der Waals surface area contributed by atoms with Gasteiger partial charge < -0.3 is 15.8 Å². The fourth-order valence-electron chi connectivity index (χ4n) is 1.58. The third-order valence-corrected chi connectivity index (χ3v) is 2.52. The van der Waals surface area contributed by atoms with Gasteiger partial charge in [-0.2, -0.15) is 0 Å². The lowest BCUT2D eigenvalue weighted by Crippen LogP contribution is -2.04. The summed E-state index contributed by atoms with van der Waals surface area (Å²) in [6.07, 6.45) is 3.38. The van der Waals surface area contributed by atoms with Gasteiger partial charge in [-0.25, -0.2) is 0 Å². The number of hydrogen-bond acceptors (Lipinski definition) is 4. The Morgan fingerprint density at radius 1 is 1.29 bits per heavy atom. The zero-order valence-electron chi connectivity index (χ0n) is 9.68. The molecule has 17 heavy (non-hydrogen) atoms. The van der Waals surface area contributed by atoms with Gasteiger partial charge in [-0.05, 0) is 23.8 Å². The summed E-state index contributed by atoms with van der Waals surface area (Å²) in [4.78, 5) is 3.96. The van der Waals surface area contributed by atoms with Gasteiger partial charge in [0.05, 0.1) is 24.7 Å². The van der Waals surface area contributed by atoms with E-state index < -0.39 is 0 Å². The Kier molecular flexibility index (Phi) is 3.45. The average Bonchev–Trinajstić information content (AvgIpc) is 2.38. The monoisotopic (exact) mass is 229 g/mol. The smallest absolute Gasteiger partial charge is 0.141 e. The number of aromatic nitrogens is 1. The predicted molar refractivity (Wildman–Crippen MR) is 69.0 cm³/mol. The molecule has 3 N–H and O–H groups in total. The van der Waals surface area contributed by atoms with Gasteiger partial charge in [0.25, 0.3) is 0 Å². The van der Waals surface area contributed by atoms with Gasteiger partial charge >= 0.3 is 0 Å². The minimum absolute atomic E-state index is 0.648. The number of pyridine rings is 1. The standard InChI is InChI=1S/C13H15N3O/c1-17-13-5-3-2-4-12(13)16-8-10-6-7-15-9-11(10)14/h2-7,9,16H,8,14H2,1H3. The molecule has 2 aromatic rings. The van der Waals surface area contributed by atoms with Gasteiger partial charge in [-0.3, -0.25) is 4.98 Å². The van der Waals surface area contributed by atoms with Gasteiger partial charge in [-0.1, -0.05) is 12.1 Å². The molecule has 4 nitrogen and oxygen atoms in total. The summed E-state index contributed by atoms with van der Waals surface area (Å²) >= 11 is 0. The highest BCUT2D eigenvalue weighted by Crippen LogP contribution is 2.24. The van der Waals surface area contributed by atoms with Crippen LogP contribution in [0.25, 0.3) is 0 Å². The van der Waals surface area contributed by atoms with E-state index in [1.54, 1.807) is 19.5 Å². The molecule has 0 aliphatic heterocycles. The maximum Gasteiger partial charge on any atom is 0.141 e. The van der Waals surface area contributed by atoms with Gasteiger partial charge in [0, 0.05) is 12.7 Å². The Bertz CT molecular complexity index is 500. The molecule has 0 unspecified atom stereocenters. The molecule has 0 aliphatic carbocycles. The molecule has 1 aromatic heterocycles. The number of nitrogen functional groups attached to an aromatic ring is 1. The Morgan fingerprint density at radius 2 is 2.12 bits per heavy atom. The second-order valence-electron chi connectivity index (χ2n) is 3.63. The van der Waals surface area contributed by atoms with Crippen molar-refractivity contribution in [3.63, 3.8) is 0 Å². The van der Waals surface area contributed by atoms with Crippen molar-refractivity contribution in [3.8, 4) is 5.75 Å². The van der Waals surface area contributed by atoms with E-state index in [1.165, 1.54) is 0 Å². The lowest BCUT2D eigenvalue weighted by atomic mass is 10.2. The molecule has 2 rings (SSSR count). The second kappa shape index (κ2) is 5.21. The summed E-state index contributed by atoms with van der Waals surface area (Å²) in [6.45, 7) is 0.648. The van der Waals surface area contributed by atoms with E-state index in [1.807, 2.05) is 30.3 Å². The van der Waals surface area contributed by atoms with Gasteiger partial charge in [0.2, 0.25) is 0 Å². The Balaban J connectivity index is 2.10. The molecule has 0 atom stereocenters. The molecule has 0 saturated heterocycles. The molecular formula is C13H15N3O. The normalized spacial score (nSPS) is 9.94. The third kappa shape index (κ3) is 2.66. The van der Waals surface area contributed by atoms with Crippen molar-refractivity contribution in [2.75, 3.05) is 18.2 Å². The molecule has 0 amide bonds. The summed E-state index contributed by atoms with van der Waals surface area (Å²) in [5, 5.41) is 3.29. The zero-order valence-corrected chi connectivity index (χ0v) is 9.68. The first-order valence-corrected chi connectivity index (χ1v) is 5.36. The SMILES string of the molecule is COc1ccccc1NCc1ccncc1N. The Morgan fingerprint density at radius 3 is 2.88 bits per heavy atom. The van der Waals surface area contributed by atoms with Crippen LogP contribution in [0.5, 0.6) is 5.75 Å². The number of rotatable bonds is 4. The largest absolute Gasteiger partial charge is 0.495 e. The van der Waals surface area contributed by atoms with E-state index in [9.17, 15) is 0 Å². The molecule has 0 saturated carbocycles. The van der Waals surface area contributed by atoms with E-state index in [0.717, 1.165) is 17.0 Å². The number of nitrogens with two attached hydrogens (primary N) is 1. The first kappa shape index (κ1) is 11.3. The van der Waals surface area contributed by atoms with Crippen LogP contribution in [-0.4, -0.2) is 12.1 Å². The molecule has 88 valence electrons. The molecule has 0 radical (unpaired) electrons. The van der Waals surface area contributed by atoms with Crippen LogP contribution in [0.2, 0.25) is 0 Å². The van der Waals surface area contributed by atoms with Gasteiger partial charge in [0.15, 0.2) is 0 Å². The number of nitrogens with one attached hydrogen (secondary N) is 1. The molecular weight excluding hydrogens is 214 g/mol. The van der Waals surface area contributed by atoms with Crippen LogP contribution < -0.4 is 15.8 Å². The van der Waals surface area contributed by atoms with Gasteiger partial charge in [-0.15, -0.1) is 0 Å². The van der Waals surface area contributed by atoms with Crippen molar-refractivity contribution in [3.05, 3.63) is 48.3 Å². The third-order valence-electron chi connectivity index (χ3n) is 2.52. The van der Waals surface area contributed by atoms with Crippen molar-refractivity contribution in [2.45, 2.75) is 6.54 Å². The first-order valence-electron chi connectivity index (χ1n) is 5.36. The fraction of sp³-hybridized carbons (Fsp3) is 0.154. The number of anilines is 2. The molecule has 0 bridgehead atoms. The van der Waals surface area contributed by atoms with E-state index >= 15 is 0 Å². The summed E-state index contributed by atoms with van der Waals surface area (Å²) < 4.78 is 5.26. The first-order chi connectivity index (χ1) is 8.31. The van der Waals surface area contributed by atoms with E-state index in [-0.39, 0.29) is 0 Å². The average molecular weight is 229 g/mol. The lowest BCUT2D eigenvalue weighted by Gasteiger charge is -2.11. The van der Waals surface area contributed by atoms with Crippen LogP contribution in [0.1, 0.15) is 5.56 Å². The molecule has 4 heteroatoms. The van der Waals surface area contributed by atoms with Crippen LogP contribution in [0.3, 0.4) is 0 Å². The number of ether oxygens (including phenoxy) is 1. The van der Waals surface area contributed by atoms with Crippen LogP contribution in [-0.2, 0) is 6.54 Å². The Hall–Kier alpha value is -2.23. The van der Waals surface area contributed by atoms with Crippen LogP contribution in [0, 0.1) is 0 Å². The molecule has 1 heterocycles. The minimum Gasteiger partial charge on any atom is -0.495 e. The zero-order chi connectivity index (χ0) is 12.1. The topological polar surface area (TPSA) is 60.2 Å². The van der Waals surface area contributed by atoms with Crippen LogP contribution in [0.4, 0.5) is 11.4 Å². The van der Waals surface area contributed by atoms with E-state index in [0.29, 0.717) is 12.2 Å². The summed E-state index contributed by atoms with van der Waals surface area (Å²) in [6, 6.07) is 9.68. The summed E-state index contributed by atoms with van der Waals surface area (Å²) in [5.74, 6) is 0.820. The van der Waals surface area contributed by atoms with Crippen LogP contribution >= 0.6 is 0 Å². The fourth-order valence-corrected chi connectivity index (χ4v) is 1.58. The lowest BCUT2D eigenvalue weighted by molar-refractivity contribution is 0.416. The van der Waals surface area contributed by atoms with Crippen molar-refractivity contribution in [2.24, 2.45) is 0 Å². The number of nitrogens with zero attached hydrogens (tertiary/aromatic N) is 1. The molecule has 1 aromatic carbocycles. The number of para-hydroxylation sites is 2. The highest BCUT2D eigenvalue weighted by atomic mass is 16.5. The van der Waals surface area contributed by atoms with Crippen molar-refractivity contribution < 1.29 is 4.74 Å². The predicted octanol–water partition coefficient (Wildman–Crippen LogP) is 2.28. The maximum atomic E-state index is 5.82. The summed E-state index contributed by atoms with van der Waals surface area (Å²) in [5.41, 5.74) is 8.48. The summed E-state index contributed by atoms with van der Waals surface area (Å²) in [7, 11) is 1.65. The molecule has 0 aliphatic rings. The highest BCUT2D eigenvalue weighted by Gasteiger charge is 2.02. The number of methoxy groups -OCH3 is 1. The van der Waals surface area contributed by atoms with Crippen molar-refractivity contribution in [1.82, 2.24) is 4.98 Å². The highest BCUT2D eigenvalue weighted by molar-refractivity contribution is 5.57. The van der Waals surface area contributed by atoms with Crippen LogP contribution in [0.15, 0.2) is 42.7 Å². The minimum atomic E-state index is 0.648. The Labute approximate surface area is 100 Å². The number of hydrogen-bond donors (Lipinski definition) is 2. The molecule has 0 fully saturated rings. The number of benzene rings is 1.